The predicted octanol–water partition coefficient (Wildman–Crippen LogP) is 12.5. The van der Waals surface area contributed by atoms with Crippen molar-refractivity contribution in [1.82, 2.24) is 0 Å². The molecule has 46 heavy (non-hydrogen) atoms. The fraction of sp³-hybridized carbons (Fsp3) is 0.902. The van der Waals surface area contributed by atoms with Crippen molar-refractivity contribution in [2.75, 3.05) is 13.2 Å². The standard InChI is InChI=1S/C41H78O5/c1-3-5-7-9-11-13-15-17-19-20-22-24-26-28-30-32-34-36-41(44)46-39(37-42)38-45-40(43)35-33-31-29-27-25-23-21-18-16-14-12-10-8-6-4-2/h18,21,39,42H,3-17,19-20,22-38H2,1-2H3. The molecule has 0 saturated heterocycles. The number of allylic oxidation sites excluding steroid dienone is 2. The Kier molecular flexibility index (Phi) is 37.0. The van der Waals surface area contributed by atoms with Gasteiger partial charge in [0.2, 0.25) is 0 Å². The molecule has 0 radical (unpaired) electrons. The number of unbranched alkanes of at least 4 members (excludes halogenated alkanes) is 27. The van der Waals surface area contributed by atoms with Crippen LogP contribution in [0.25, 0.3) is 0 Å². The number of carbonyl (C=O) groups is 2. The van der Waals surface area contributed by atoms with Gasteiger partial charge in [0.15, 0.2) is 6.10 Å². The zero-order valence-corrected chi connectivity index (χ0v) is 30.9. The Morgan fingerprint density at radius 3 is 1.17 bits per heavy atom. The highest BCUT2D eigenvalue weighted by Gasteiger charge is 2.16. The van der Waals surface area contributed by atoms with Crippen molar-refractivity contribution in [3.05, 3.63) is 12.2 Å². The minimum atomic E-state index is -0.767. The molecule has 0 aliphatic rings. The van der Waals surface area contributed by atoms with Gasteiger partial charge in [0.05, 0.1) is 6.61 Å². The lowest BCUT2D eigenvalue weighted by Crippen LogP contribution is -2.28. The second-order valence-electron chi connectivity index (χ2n) is 13.7. The number of aliphatic hydroxyl groups is 1. The normalized spacial score (nSPS) is 12.2. The van der Waals surface area contributed by atoms with Crippen LogP contribution in [0.1, 0.15) is 219 Å². The van der Waals surface area contributed by atoms with E-state index in [4.69, 9.17) is 9.47 Å². The van der Waals surface area contributed by atoms with Crippen LogP contribution in [0.15, 0.2) is 12.2 Å². The molecule has 0 heterocycles. The van der Waals surface area contributed by atoms with Gasteiger partial charge in [-0.25, -0.2) is 0 Å². The number of rotatable bonds is 37. The molecule has 272 valence electrons. The Labute approximate surface area is 286 Å². The summed E-state index contributed by atoms with van der Waals surface area (Å²) in [5, 5.41) is 9.55. The summed E-state index contributed by atoms with van der Waals surface area (Å²) >= 11 is 0. The minimum Gasteiger partial charge on any atom is -0.462 e. The summed E-state index contributed by atoms with van der Waals surface area (Å²) in [6.45, 7) is 4.14. The number of carbonyl (C=O) groups excluding carboxylic acids is 2. The molecule has 5 heteroatoms. The van der Waals surface area contributed by atoms with Gasteiger partial charge in [0, 0.05) is 12.8 Å². The van der Waals surface area contributed by atoms with Crippen molar-refractivity contribution in [3.63, 3.8) is 0 Å². The van der Waals surface area contributed by atoms with Gasteiger partial charge >= 0.3 is 11.9 Å². The molecule has 1 atom stereocenters. The molecule has 0 rings (SSSR count). The largest absolute Gasteiger partial charge is 0.462 e. The van der Waals surface area contributed by atoms with E-state index in [0.717, 1.165) is 44.9 Å². The number of esters is 2. The highest BCUT2D eigenvalue weighted by Crippen LogP contribution is 2.15. The summed E-state index contributed by atoms with van der Waals surface area (Å²) in [6.07, 6.45) is 42.7. The molecule has 0 saturated carbocycles. The SMILES string of the molecule is CCCCCCCCC=CCCCCCCCC(=O)OCC(CO)OC(=O)CCCCCCCCCCCCCCCCCCC. The molecule has 1 unspecified atom stereocenters. The first-order valence-electron chi connectivity index (χ1n) is 20.2. The van der Waals surface area contributed by atoms with E-state index in [-0.39, 0.29) is 25.2 Å². The van der Waals surface area contributed by atoms with Crippen LogP contribution in [-0.4, -0.2) is 36.4 Å². The molecule has 0 aliphatic heterocycles. The van der Waals surface area contributed by atoms with Crippen LogP contribution in [0.3, 0.4) is 0 Å². The van der Waals surface area contributed by atoms with Gasteiger partial charge in [-0.05, 0) is 38.5 Å². The maximum atomic E-state index is 12.2. The van der Waals surface area contributed by atoms with E-state index in [9.17, 15) is 14.7 Å². The number of hydrogen-bond donors (Lipinski definition) is 1. The van der Waals surface area contributed by atoms with E-state index in [0.29, 0.717) is 12.8 Å². The van der Waals surface area contributed by atoms with E-state index in [1.54, 1.807) is 0 Å². The summed E-state index contributed by atoms with van der Waals surface area (Å²) in [4.78, 5) is 24.2. The first kappa shape index (κ1) is 44.6. The summed E-state index contributed by atoms with van der Waals surface area (Å²) in [5.41, 5.74) is 0. The summed E-state index contributed by atoms with van der Waals surface area (Å²) < 4.78 is 10.6. The first-order chi connectivity index (χ1) is 22.6. The molecule has 0 amide bonds. The summed E-state index contributed by atoms with van der Waals surface area (Å²) in [5.74, 6) is -0.589. The van der Waals surface area contributed by atoms with Crippen molar-refractivity contribution in [3.8, 4) is 0 Å². The first-order valence-corrected chi connectivity index (χ1v) is 20.2. The Bertz CT molecular complexity index is 661. The second-order valence-corrected chi connectivity index (χ2v) is 13.7. The van der Waals surface area contributed by atoms with Crippen LogP contribution in [0, 0.1) is 0 Å². The second kappa shape index (κ2) is 38.1. The van der Waals surface area contributed by atoms with Crippen molar-refractivity contribution >= 4 is 11.9 Å². The van der Waals surface area contributed by atoms with Crippen molar-refractivity contribution in [2.24, 2.45) is 0 Å². The molecule has 0 aromatic rings. The van der Waals surface area contributed by atoms with Crippen molar-refractivity contribution in [2.45, 2.75) is 225 Å². The van der Waals surface area contributed by atoms with Crippen LogP contribution in [-0.2, 0) is 19.1 Å². The Morgan fingerprint density at radius 1 is 0.478 bits per heavy atom. The maximum Gasteiger partial charge on any atom is 0.306 e. The van der Waals surface area contributed by atoms with Crippen LogP contribution >= 0.6 is 0 Å². The van der Waals surface area contributed by atoms with E-state index in [2.05, 4.69) is 26.0 Å². The summed E-state index contributed by atoms with van der Waals surface area (Å²) in [6, 6.07) is 0. The lowest BCUT2D eigenvalue weighted by atomic mass is 10.0. The molecule has 0 aromatic heterocycles. The van der Waals surface area contributed by atoms with Gasteiger partial charge in [0.25, 0.3) is 0 Å². The topological polar surface area (TPSA) is 72.8 Å². The average Bonchev–Trinajstić information content (AvgIpc) is 3.06. The van der Waals surface area contributed by atoms with Gasteiger partial charge in [-0.15, -0.1) is 0 Å². The maximum absolute atomic E-state index is 12.2. The molecule has 0 fully saturated rings. The molecule has 0 aliphatic carbocycles. The molecule has 0 spiro atoms. The average molecular weight is 651 g/mol. The number of aliphatic hydroxyl groups excluding tert-OH is 1. The lowest BCUT2D eigenvalue weighted by molar-refractivity contribution is -0.161. The molecule has 0 bridgehead atoms. The van der Waals surface area contributed by atoms with Gasteiger partial charge in [-0.3, -0.25) is 9.59 Å². The Hall–Kier alpha value is -1.36. The van der Waals surface area contributed by atoms with E-state index in [1.165, 1.54) is 148 Å². The van der Waals surface area contributed by atoms with Gasteiger partial charge in [-0.1, -0.05) is 180 Å². The smallest absolute Gasteiger partial charge is 0.306 e. The monoisotopic (exact) mass is 651 g/mol. The highest BCUT2D eigenvalue weighted by molar-refractivity contribution is 5.70. The third-order valence-corrected chi connectivity index (χ3v) is 9.06. The molecular weight excluding hydrogens is 572 g/mol. The third-order valence-electron chi connectivity index (χ3n) is 9.06. The van der Waals surface area contributed by atoms with Gasteiger partial charge in [-0.2, -0.15) is 0 Å². The third kappa shape index (κ3) is 35.5. The fourth-order valence-electron chi connectivity index (χ4n) is 5.96. The van der Waals surface area contributed by atoms with Crippen LogP contribution in [0.5, 0.6) is 0 Å². The van der Waals surface area contributed by atoms with Crippen LogP contribution in [0.4, 0.5) is 0 Å². The van der Waals surface area contributed by atoms with Crippen LogP contribution < -0.4 is 0 Å². The fourth-order valence-corrected chi connectivity index (χ4v) is 5.96. The zero-order valence-electron chi connectivity index (χ0n) is 30.9. The van der Waals surface area contributed by atoms with Crippen molar-refractivity contribution in [1.29, 1.82) is 0 Å². The predicted molar refractivity (Wildman–Crippen MR) is 196 cm³/mol. The Balaban J connectivity index is 3.52. The van der Waals surface area contributed by atoms with E-state index in [1.807, 2.05) is 0 Å². The van der Waals surface area contributed by atoms with E-state index >= 15 is 0 Å². The number of hydrogen-bond acceptors (Lipinski definition) is 5. The zero-order chi connectivity index (χ0) is 33.6. The highest BCUT2D eigenvalue weighted by atomic mass is 16.6. The van der Waals surface area contributed by atoms with Gasteiger partial charge in [0.1, 0.15) is 6.61 Å². The molecule has 1 N–H and O–H groups in total. The molecule has 0 aromatic carbocycles. The van der Waals surface area contributed by atoms with Crippen LogP contribution in [0.2, 0.25) is 0 Å². The minimum absolute atomic E-state index is 0.0643. The van der Waals surface area contributed by atoms with E-state index < -0.39 is 6.10 Å². The van der Waals surface area contributed by atoms with Crippen molar-refractivity contribution < 1.29 is 24.2 Å². The number of ether oxygens (including phenoxy) is 2. The quantitative estimate of drug-likeness (QED) is 0.0411. The Morgan fingerprint density at radius 2 is 0.804 bits per heavy atom. The molecular formula is C41H78O5. The lowest BCUT2D eigenvalue weighted by Gasteiger charge is -2.15. The van der Waals surface area contributed by atoms with Gasteiger partial charge < -0.3 is 14.6 Å². The molecule has 5 nitrogen and oxygen atoms in total. The summed E-state index contributed by atoms with van der Waals surface area (Å²) in [7, 11) is 0.